The van der Waals surface area contributed by atoms with E-state index in [2.05, 4.69) is 40.1 Å². The minimum atomic E-state index is 0.579. The average molecular weight is 247 g/mol. The van der Waals surface area contributed by atoms with Crippen LogP contribution in [0.5, 0.6) is 0 Å². The molecule has 17 heavy (non-hydrogen) atoms. The Hall–Kier alpha value is -1.13. The zero-order valence-electron chi connectivity index (χ0n) is 9.94. The minimum absolute atomic E-state index is 0.579. The van der Waals surface area contributed by atoms with Crippen molar-refractivity contribution in [1.29, 1.82) is 0 Å². The second kappa shape index (κ2) is 4.63. The van der Waals surface area contributed by atoms with Gasteiger partial charge in [-0.15, -0.1) is 0 Å². The Morgan fingerprint density at radius 3 is 3.18 bits per heavy atom. The van der Waals surface area contributed by atoms with E-state index < -0.39 is 0 Å². The molecule has 0 radical (unpaired) electrons. The van der Waals surface area contributed by atoms with Gasteiger partial charge in [-0.05, 0) is 50.0 Å². The van der Waals surface area contributed by atoms with Crippen LogP contribution < -0.4 is 10.6 Å². The van der Waals surface area contributed by atoms with Crippen molar-refractivity contribution in [1.82, 2.24) is 9.69 Å². The molecule has 90 valence electrons. The van der Waals surface area contributed by atoms with Crippen molar-refractivity contribution in [3.8, 4) is 0 Å². The van der Waals surface area contributed by atoms with Crippen molar-refractivity contribution in [3.63, 3.8) is 0 Å². The van der Waals surface area contributed by atoms with Gasteiger partial charge in [0.2, 0.25) is 0 Å². The molecule has 0 saturated carbocycles. The Morgan fingerprint density at radius 1 is 1.41 bits per heavy atom. The molecule has 1 aliphatic rings. The molecule has 1 fully saturated rings. The van der Waals surface area contributed by atoms with Crippen LogP contribution in [0.4, 0.5) is 5.00 Å². The van der Waals surface area contributed by atoms with Crippen molar-refractivity contribution in [2.24, 2.45) is 0 Å². The summed E-state index contributed by atoms with van der Waals surface area (Å²) < 4.78 is 4.47. The van der Waals surface area contributed by atoms with Gasteiger partial charge in [-0.3, -0.25) is 0 Å². The smallest absolute Gasteiger partial charge is 0.117 e. The van der Waals surface area contributed by atoms with Gasteiger partial charge in [-0.2, -0.15) is 4.37 Å². The molecule has 1 aromatic carbocycles. The molecule has 0 aliphatic carbocycles. The number of anilines is 1. The lowest BCUT2D eigenvalue weighted by Gasteiger charge is -2.28. The summed E-state index contributed by atoms with van der Waals surface area (Å²) in [6.07, 6.45) is 2.38. The summed E-state index contributed by atoms with van der Waals surface area (Å²) in [5, 5.41) is 9.60. The lowest BCUT2D eigenvalue weighted by Crippen LogP contribution is -2.41. The summed E-state index contributed by atoms with van der Waals surface area (Å²) in [5.74, 6) is 0. The molecule has 0 bridgehead atoms. The van der Waals surface area contributed by atoms with Crippen LogP contribution >= 0.6 is 11.5 Å². The van der Waals surface area contributed by atoms with E-state index in [0.717, 1.165) is 12.1 Å². The van der Waals surface area contributed by atoms with Crippen LogP contribution in [0.2, 0.25) is 0 Å². The van der Waals surface area contributed by atoms with E-state index in [9.17, 15) is 0 Å². The van der Waals surface area contributed by atoms with Crippen LogP contribution in [0.3, 0.4) is 0 Å². The quantitative estimate of drug-likeness (QED) is 0.857. The molecule has 0 amide bonds. The number of piperidine rings is 1. The van der Waals surface area contributed by atoms with Crippen LogP contribution in [-0.2, 0) is 0 Å². The number of nitrogens with zero attached hydrogens (tertiary/aromatic N) is 1. The first kappa shape index (κ1) is 11.0. The summed E-state index contributed by atoms with van der Waals surface area (Å²) in [7, 11) is 0. The molecule has 1 aromatic heterocycles. The third kappa shape index (κ3) is 2.28. The highest BCUT2D eigenvalue weighted by Crippen LogP contribution is 2.29. The van der Waals surface area contributed by atoms with Crippen molar-refractivity contribution < 1.29 is 0 Å². The number of fused-ring (bicyclic) bond motifs is 1. The maximum absolute atomic E-state index is 4.47. The number of rotatable bonds is 2. The topological polar surface area (TPSA) is 37.0 Å². The van der Waals surface area contributed by atoms with E-state index >= 15 is 0 Å². The predicted octanol–water partition coefficient (Wildman–Crippen LogP) is 2.85. The molecule has 2 unspecified atom stereocenters. The van der Waals surface area contributed by atoms with Crippen molar-refractivity contribution in [3.05, 3.63) is 24.3 Å². The molecular weight excluding hydrogens is 230 g/mol. The van der Waals surface area contributed by atoms with E-state index in [0.29, 0.717) is 12.1 Å². The largest absolute Gasteiger partial charge is 0.372 e. The van der Waals surface area contributed by atoms with Gasteiger partial charge in [0.25, 0.3) is 0 Å². The van der Waals surface area contributed by atoms with Crippen LogP contribution in [0, 0.1) is 0 Å². The average Bonchev–Trinajstić information content (AvgIpc) is 2.73. The summed E-state index contributed by atoms with van der Waals surface area (Å²) in [6, 6.07) is 9.52. The van der Waals surface area contributed by atoms with Gasteiger partial charge in [0.15, 0.2) is 0 Å². The summed E-state index contributed by atoms with van der Waals surface area (Å²) in [6.45, 7) is 3.36. The molecular formula is C13H17N3S. The molecule has 2 atom stereocenters. The zero-order valence-corrected chi connectivity index (χ0v) is 10.8. The minimum Gasteiger partial charge on any atom is -0.372 e. The van der Waals surface area contributed by atoms with Crippen molar-refractivity contribution in [2.75, 3.05) is 11.9 Å². The Balaban J connectivity index is 1.80. The summed E-state index contributed by atoms with van der Waals surface area (Å²) in [5.41, 5.74) is 1.10. The highest BCUT2D eigenvalue weighted by molar-refractivity contribution is 7.11. The molecule has 3 nitrogen and oxygen atoms in total. The monoisotopic (exact) mass is 247 g/mol. The van der Waals surface area contributed by atoms with Gasteiger partial charge in [0.05, 0.1) is 5.52 Å². The summed E-state index contributed by atoms with van der Waals surface area (Å²) in [4.78, 5) is 0. The zero-order chi connectivity index (χ0) is 11.7. The fourth-order valence-electron chi connectivity index (χ4n) is 2.44. The number of nitrogens with one attached hydrogen (secondary N) is 2. The highest BCUT2D eigenvalue weighted by Gasteiger charge is 2.19. The Labute approximate surface area is 105 Å². The molecule has 0 spiro atoms. The highest BCUT2D eigenvalue weighted by atomic mass is 32.1. The van der Waals surface area contributed by atoms with Gasteiger partial charge in [-0.1, -0.05) is 12.1 Å². The van der Waals surface area contributed by atoms with E-state index in [1.165, 1.54) is 23.2 Å². The lowest BCUT2D eigenvalue weighted by atomic mass is 10.0. The number of aromatic nitrogens is 1. The van der Waals surface area contributed by atoms with Gasteiger partial charge in [-0.25, -0.2) is 0 Å². The molecule has 2 N–H and O–H groups in total. The van der Waals surface area contributed by atoms with Crippen LogP contribution in [0.1, 0.15) is 19.8 Å². The standard InChI is InChI=1S/C13H17N3S/c1-9-8-10(6-7-14-9)15-13-11-4-2-3-5-12(11)16-17-13/h2-5,9-10,14-15H,6-8H2,1H3. The second-order valence-electron chi connectivity index (χ2n) is 4.75. The van der Waals surface area contributed by atoms with Crippen LogP contribution in [0.25, 0.3) is 10.9 Å². The molecule has 1 aliphatic heterocycles. The van der Waals surface area contributed by atoms with E-state index in [1.807, 2.05) is 6.07 Å². The number of hydrogen-bond donors (Lipinski definition) is 2. The maximum Gasteiger partial charge on any atom is 0.117 e. The molecule has 2 heterocycles. The van der Waals surface area contributed by atoms with Gasteiger partial charge < -0.3 is 10.6 Å². The van der Waals surface area contributed by atoms with E-state index in [4.69, 9.17) is 0 Å². The van der Waals surface area contributed by atoms with Gasteiger partial charge >= 0.3 is 0 Å². The fourth-order valence-corrected chi connectivity index (χ4v) is 3.28. The maximum atomic E-state index is 4.47. The first-order valence-corrected chi connectivity index (χ1v) is 6.94. The molecule has 3 rings (SSSR count). The Bertz CT molecular complexity index is 508. The molecule has 4 heteroatoms. The predicted molar refractivity (Wildman–Crippen MR) is 73.7 cm³/mol. The van der Waals surface area contributed by atoms with Crippen LogP contribution in [0.15, 0.2) is 24.3 Å². The van der Waals surface area contributed by atoms with Crippen molar-refractivity contribution >= 4 is 27.4 Å². The number of benzene rings is 1. The Kier molecular flexibility index (Phi) is 2.99. The molecule has 1 saturated heterocycles. The normalized spacial score (nSPS) is 25.0. The van der Waals surface area contributed by atoms with Gasteiger partial charge in [0.1, 0.15) is 5.00 Å². The first-order chi connectivity index (χ1) is 8.33. The first-order valence-electron chi connectivity index (χ1n) is 6.17. The third-order valence-corrected chi connectivity index (χ3v) is 4.15. The van der Waals surface area contributed by atoms with E-state index in [-0.39, 0.29) is 0 Å². The van der Waals surface area contributed by atoms with Gasteiger partial charge in [0, 0.05) is 17.5 Å². The third-order valence-electron chi connectivity index (χ3n) is 3.34. The second-order valence-corrected chi connectivity index (χ2v) is 5.52. The van der Waals surface area contributed by atoms with Crippen LogP contribution in [-0.4, -0.2) is 23.0 Å². The molecule has 2 aromatic rings. The lowest BCUT2D eigenvalue weighted by molar-refractivity contribution is 0.397. The fraction of sp³-hybridized carbons (Fsp3) is 0.462. The number of hydrogen-bond acceptors (Lipinski definition) is 4. The van der Waals surface area contributed by atoms with Crippen molar-refractivity contribution in [2.45, 2.75) is 31.8 Å². The summed E-state index contributed by atoms with van der Waals surface area (Å²) >= 11 is 1.58. The van der Waals surface area contributed by atoms with E-state index in [1.54, 1.807) is 11.5 Å². The Morgan fingerprint density at radius 2 is 2.29 bits per heavy atom. The SMILES string of the molecule is CC1CC(Nc2snc3ccccc23)CCN1.